The first-order valence-electron chi connectivity index (χ1n) is 7.27. The van der Waals surface area contributed by atoms with Crippen LogP contribution in [0.1, 0.15) is 33.0 Å². The summed E-state index contributed by atoms with van der Waals surface area (Å²) >= 11 is 0. The second-order valence-electron chi connectivity index (χ2n) is 5.34. The van der Waals surface area contributed by atoms with Gasteiger partial charge in [0.05, 0.1) is 5.56 Å². The monoisotopic (exact) mass is 309 g/mol. The van der Waals surface area contributed by atoms with Crippen molar-refractivity contribution >= 4 is 11.8 Å². The number of nitrogens with zero attached hydrogens (tertiary/aromatic N) is 3. The van der Waals surface area contributed by atoms with Crippen molar-refractivity contribution < 1.29 is 9.59 Å². The second kappa shape index (κ2) is 6.32. The molecule has 1 fully saturated rings. The molecule has 0 saturated carbocycles. The third-order valence-electron chi connectivity index (χ3n) is 3.75. The van der Waals surface area contributed by atoms with E-state index < -0.39 is 0 Å². The van der Waals surface area contributed by atoms with Crippen molar-refractivity contribution in [2.75, 3.05) is 13.1 Å². The third kappa shape index (κ3) is 3.21. The predicted molar refractivity (Wildman–Crippen MR) is 81.5 cm³/mol. The molecule has 0 aliphatic carbocycles. The lowest BCUT2D eigenvalue weighted by Gasteiger charge is -2.16. The molecule has 0 radical (unpaired) electrons. The van der Waals surface area contributed by atoms with E-state index in [9.17, 15) is 9.59 Å². The number of nitriles is 1. The number of rotatable bonds is 3. The van der Waals surface area contributed by atoms with Gasteiger partial charge in [-0.1, -0.05) is 6.07 Å². The Morgan fingerprint density at radius 1 is 1.43 bits per heavy atom. The first-order valence-corrected chi connectivity index (χ1v) is 7.27. The number of aromatic nitrogens is 2. The molecule has 0 spiro atoms. The number of pyridine rings is 1. The van der Waals surface area contributed by atoms with Crippen molar-refractivity contribution in [3.05, 3.63) is 53.6 Å². The first kappa shape index (κ1) is 14.8. The van der Waals surface area contributed by atoms with Gasteiger partial charge in [-0.05, 0) is 24.6 Å². The molecule has 2 N–H and O–H groups in total. The average Bonchev–Trinajstić information content (AvgIpc) is 3.24. The summed E-state index contributed by atoms with van der Waals surface area (Å²) < 4.78 is 0. The number of hydrogen-bond acceptors (Lipinski definition) is 4. The number of carbonyl (C=O) groups is 2. The molecule has 3 rings (SSSR count). The zero-order valence-corrected chi connectivity index (χ0v) is 12.3. The molecule has 1 atom stereocenters. The Hall–Kier alpha value is -3.14. The number of H-pyrrole nitrogens is 1. The fourth-order valence-electron chi connectivity index (χ4n) is 2.57. The van der Waals surface area contributed by atoms with Gasteiger partial charge in [-0.25, -0.2) is 0 Å². The highest BCUT2D eigenvalue weighted by Gasteiger charge is 2.28. The molecule has 7 heteroatoms. The van der Waals surface area contributed by atoms with Gasteiger partial charge in [-0.2, -0.15) is 5.26 Å². The fourth-order valence-corrected chi connectivity index (χ4v) is 2.57. The van der Waals surface area contributed by atoms with E-state index in [1.54, 1.807) is 29.3 Å². The number of carbonyl (C=O) groups excluding carboxylic acids is 2. The molecule has 2 aromatic heterocycles. The van der Waals surface area contributed by atoms with Crippen LogP contribution in [0.15, 0.2) is 36.7 Å². The molecule has 0 bridgehead atoms. The molecule has 1 aliphatic rings. The van der Waals surface area contributed by atoms with Crippen LogP contribution in [0.25, 0.3) is 0 Å². The van der Waals surface area contributed by atoms with Gasteiger partial charge in [0.25, 0.3) is 11.8 Å². The largest absolute Gasteiger partial charge is 0.356 e. The Bertz CT molecular complexity index is 762. The molecule has 2 amide bonds. The summed E-state index contributed by atoms with van der Waals surface area (Å²) in [7, 11) is 0. The highest BCUT2D eigenvalue weighted by molar-refractivity contribution is 5.94. The summed E-state index contributed by atoms with van der Waals surface area (Å²) in [6.45, 7) is 1.03. The minimum atomic E-state index is -0.274. The van der Waals surface area contributed by atoms with Gasteiger partial charge in [0.2, 0.25) is 0 Å². The molecule has 1 aliphatic heterocycles. The highest BCUT2D eigenvalue weighted by Crippen LogP contribution is 2.13. The van der Waals surface area contributed by atoms with Crippen LogP contribution in [0.5, 0.6) is 0 Å². The third-order valence-corrected chi connectivity index (χ3v) is 3.75. The van der Waals surface area contributed by atoms with Crippen LogP contribution < -0.4 is 5.32 Å². The molecule has 0 aromatic carbocycles. The molecule has 7 nitrogen and oxygen atoms in total. The van der Waals surface area contributed by atoms with Crippen molar-refractivity contribution in [2.24, 2.45) is 0 Å². The molecular formula is C16H15N5O2. The fraction of sp³-hybridized carbons (Fsp3) is 0.250. The van der Waals surface area contributed by atoms with Gasteiger partial charge < -0.3 is 15.2 Å². The van der Waals surface area contributed by atoms with Crippen LogP contribution in [-0.2, 0) is 0 Å². The zero-order valence-electron chi connectivity index (χ0n) is 12.3. The summed E-state index contributed by atoms with van der Waals surface area (Å²) in [5, 5.41) is 11.6. The molecule has 3 heterocycles. The Morgan fingerprint density at radius 3 is 3.00 bits per heavy atom. The molecule has 2 aromatic rings. The number of hydrogen-bond donors (Lipinski definition) is 2. The lowest BCUT2D eigenvalue weighted by atomic mass is 10.2. The smallest absolute Gasteiger partial charge is 0.272 e. The average molecular weight is 309 g/mol. The molecule has 1 unspecified atom stereocenters. The quantitative estimate of drug-likeness (QED) is 0.880. The summed E-state index contributed by atoms with van der Waals surface area (Å²) in [6.07, 6.45) is 3.76. The minimum Gasteiger partial charge on any atom is -0.356 e. The van der Waals surface area contributed by atoms with Crippen LogP contribution in [0, 0.1) is 11.3 Å². The Morgan fingerprint density at radius 2 is 2.30 bits per heavy atom. The zero-order chi connectivity index (χ0) is 16.2. The molecule has 1 saturated heterocycles. The molecule has 116 valence electrons. The Labute approximate surface area is 132 Å². The topological polar surface area (TPSA) is 102 Å². The van der Waals surface area contributed by atoms with Crippen LogP contribution in [0.2, 0.25) is 0 Å². The van der Waals surface area contributed by atoms with Gasteiger partial charge in [-0.15, -0.1) is 0 Å². The number of likely N-dealkylation sites (tertiary alicyclic amines) is 1. The summed E-state index contributed by atoms with van der Waals surface area (Å²) in [4.78, 5) is 32.9. The van der Waals surface area contributed by atoms with Crippen molar-refractivity contribution in [1.29, 1.82) is 5.26 Å². The van der Waals surface area contributed by atoms with Gasteiger partial charge >= 0.3 is 0 Å². The van der Waals surface area contributed by atoms with Crippen molar-refractivity contribution in [3.63, 3.8) is 0 Å². The first-order chi connectivity index (χ1) is 11.2. The highest BCUT2D eigenvalue weighted by atomic mass is 16.2. The number of aromatic amines is 1. The van der Waals surface area contributed by atoms with Gasteiger partial charge in [0, 0.05) is 31.5 Å². The van der Waals surface area contributed by atoms with Crippen LogP contribution >= 0.6 is 0 Å². The van der Waals surface area contributed by atoms with Crippen LogP contribution in [0.4, 0.5) is 0 Å². The van der Waals surface area contributed by atoms with Gasteiger partial charge in [0.15, 0.2) is 0 Å². The van der Waals surface area contributed by atoms with E-state index in [4.69, 9.17) is 5.26 Å². The summed E-state index contributed by atoms with van der Waals surface area (Å²) in [5.74, 6) is -0.405. The van der Waals surface area contributed by atoms with E-state index in [0.29, 0.717) is 36.5 Å². The lowest BCUT2D eigenvalue weighted by Crippen LogP contribution is -2.38. The summed E-state index contributed by atoms with van der Waals surface area (Å²) in [5.41, 5.74) is 1.16. The maximum atomic E-state index is 12.3. The lowest BCUT2D eigenvalue weighted by molar-refractivity contribution is 0.0777. The Balaban J connectivity index is 1.59. The van der Waals surface area contributed by atoms with Gasteiger partial charge in [0.1, 0.15) is 17.5 Å². The number of nitrogens with one attached hydrogen (secondary N) is 2. The van der Waals surface area contributed by atoms with Crippen molar-refractivity contribution in [3.8, 4) is 6.07 Å². The van der Waals surface area contributed by atoms with Crippen LogP contribution in [-0.4, -0.2) is 45.8 Å². The maximum Gasteiger partial charge on any atom is 0.272 e. The summed E-state index contributed by atoms with van der Waals surface area (Å²) in [6, 6.07) is 8.57. The van der Waals surface area contributed by atoms with E-state index in [1.807, 2.05) is 6.07 Å². The van der Waals surface area contributed by atoms with E-state index >= 15 is 0 Å². The van der Waals surface area contributed by atoms with Crippen molar-refractivity contribution in [2.45, 2.75) is 12.5 Å². The molecular weight excluding hydrogens is 294 g/mol. The maximum absolute atomic E-state index is 12.3. The van der Waals surface area contributed by atoms with Crippen molar-refractivity contribution in [1.82, 2.24) is 20.2 Å². The predicted octanol–water partition coefficient (Wildman–Crippen LogP) is 0.926. The molecule has 23 heavy (non-hydrogen) atoms. The van der Waals surface area contributed by atoms with E-state index in [2.05, 4.69) is 15.3 Å². The van der Waals surface area contributed by atoms with Crippen LogP contribution in [0.3, 0.4) is 0 Å². The standard InChI is InChI=1S/C16H15N5O2/c17-8-11-7-14(19-9-11)15(22)20-12-4-6-21(10-12)16(23)13-3-1-2-5-18-13/h1-3,5,7,9,12,19H,4,6,10H2,(H,20,22). The van der Waals surface area contributed by atoms with E-state index in [-0.39, 0.29) is 17.9 Å². The Kier molecular flexibility index (Phi) is 4.06. The number of amides is 2. The van der Waals surface area contributed by atoms with E-state index in [0.717, 1.165) is 0 Å². The van der Waals surface area contributed by atoms with E-state index in [1.165, 1.54) is 12.3 Å². The van der Waals surface area contributed by atoms with Gasteiger partial charge in [-0.3, -0.25) is 14.6 Å². The SMILES string of the molecule is N#Cc1c[nH]c(C(=O)NC2CCN(C(=O)c3ccccn3)C2)c1. The normalized spacial score (nSPS) is 16.8. The second-order valence-corrected chi connectivity index (χ2v) is 5.34. The minimum absolute atomic E-state index is 0.107.